The van der Waals surface area contributed by atoms with Crippen molar-refractivity contribution in [3.63, 3.8) is 0 Å². The Balaban J connectivity index is 3.21. The predicted octanol–water partition coefficient (Wildman–Crippen LogP) is 2.28. The van der Waals surface area contributed by atoms with E-state index >= 15 is 0 Å². The van der Waals surface area contributed by atoms with Crippen molar-refractivity contribution in [2.45, 2.75) is 0 Å². The lowest BCUT2D eigenvalue weighted by Gasteiger charge is -1.92. The van der Waals surface area contributed by atoms with Crippen molar-refractivity contribution in [2.75, 3.05) is 0 Å². The zero-order valence-electron chi connectivity index (χ0n) is 5.82. The molecule has 0 N–H and O–H groups in total. The zero-order valence-corrected chi connectivity index (χ0v) is 5.82. The van der Waals surface area contributed by atoms with Gasteiger partial charge in [0.05, 0.1) is 11.5 Å². The number of hydrogen-bond acceptors (Lipinski definition) is 2. The summed E-state index contributed by atoms with van der Waals surface area (Å²) in [5.41, 5.74) is -0.555. The number of rotatable bonds is 1. The SMILES string of the molecule is [C-]#[N+]c1ccc([N+](=O)[O-])cc1F. The van der Waals surface area contributed by atoms with E-state index in [1.807, 2.05) is 0 Å². The highest BCUT2D eigenvalue weighted by Crippen LogP contribution is 2.22. The highest BCUT2D eigenvalue weighted by atomic mass is 19.1. The Bertz CT molecular complexity index is 370. The molecular weight excluding hydrogens is 163 g/mol. The van der Waals surface area contributed by atoms with E-state index in [1.165, 1.54) is 0 Å². The molecule has 0 aliphatic rings. The predicted molar refractivity (Wildman–Crippen MR) is 39.3 cm³/mol. The third-order valence-corrected chi connectivity index (χ3v) is 1.26. The molecule has 0 aliphatic heterocycles. The average molecular weight is 166 g/mol. The second-order valence-corrected chi connectivity index (χ2v) is 2.00. The van der Waals surface area contributed by atoms with Crippen LogP contribution in [0.4, 0.5) is 15.8 Å². The molecule has 1 aromatic rings. The minimum atomic E-state index is -0.862. The first-order valence-electron chi connectivity index (χ1n) is 2.96. The second-order valence-electron chi connectivity index (χ2n) is 2.00. The summed E-state index contributed by atoms with van der Waals surface area (Å²) in [4.78, 5) is 12.2. The van der Waals surface area contributed by atoms with Crippen LogP contribution in [-0.2, 0) is 0 Å². The molecular formula is C7H3FN2O2. The molecule has 0 bridgehead atoms. The number of nitro benzene ring substituents is 1. The van der Waals surface area contributed by atoms with E-state index in [4.69, 9.17) is 6.57 Å². The van der Waals surface area contributed by atoms with Gasteiger partial charge >= 0.3 is 0 Å². The molecule has 0 saturated carbocycles. The molecule has 1 rings (SSSR count). The summed E-state index contributed by atoms with van der Waals surface area (Å²) in [5.74, 6) is -0.862. The van der Waals surface area contributed by atoms with Crippen molar-refractivity contribution in [2.24, 2.45) is 0 Å². The zero-order chi connectivity index (χ0) is 9.14. The Morgan fingerprint density at radius 2 is 2.25 bits per heavy atom. The summed E-state index contributed by atoms with van der Waals surface area (Å²) < 4.78 is 12.7. The standard InChI is InChI=1S/C7H3FN2O2/c1-9-7-3-2-5(10(11)12)4-6(7)8/h2-4H. The van der Waals surface area contributed by atoms with Gasteiger partial charge in [-0.15, -0.1) is 0 Å². The van der Waals surface area contributed by atoms with Crippen LogP contribution in [0.2, 0.25) is 0 Å². The van der Waals surface area contributed by atoms with Crippen LogP contribution < -0.4 is 0 Å². The van der Waals surface area contributed by atoms with Gasteiger partial charge in [0, 0.05) is 12.1 Å². The molecule has 0 aromatic heterocycles. The van der Waals surface area contributed by atoms with Gasteiger partial charge < -0.3 is 0 Å². The Morgan fingerprint density at radius 1 is 1.58 bits per heavy atom. The van der Waals surface area contributed by atoms with Gasteiger partial charge in [-0.2, -0.15) is 0 Å². The van der Waals surface area contributed by atoms with E-state index in [9.17, 15) is 14.5 Å². The van der Waals surface area contributed by atoms with Gasteiger partial charge in [-0.1, -0.05) is 0 Å². The largest absolute Gasteiger partial charge is 0.269 e. The number of nitro groups is 1. The number of non-ortho nitro benzene ring substituents is 1. The highest BCUT2D eigenvalue weighted by Gasteiger charge is 2.09. The lowest BCUT2D eigenvalue weighted by atomic mass is 10.3. The molecule has 5 heteroatoms. The topological polar surface area (TPSA) is 47.5 Å². The maximum Gasteiger partial charge on any atom is 0.269 e. The molecule has 12 heavy (non-hydrogen) atoms. The highest BCUT2D eigenvalue weighted by molar-refractivity contribution is 5.50. The van der Waals surface area contributed by atoms with Crippen molar-refractivity contribution in [1.29, 1.82) is 0 Å². The van der Waals surface area contributed by atoms with Crippen molar-refractivity contribution >= 4 is 11.4 Å². The van der Waals surface area contributed by atoms with Gasteiger partial charge in [-0.05, 0) is 6.07 Å². The monoisotopic (exact) mass is 166 g/mol. The number of nitrogens with zero attached hydrogens (tertiary/aromatic N) is 2. The van der Waals surface area contributed by atoms with Crippen LogP contribution in [0.5, 0.6) is 0 Å². The number of halogens is 1. The summed E-state index contributed by atoms with van der Waals surface area (Å²) in [6, 6.07) is 2.91. The molecule has 60 valence electrons. The van der Waals surface area contributed by atoms with Crippen LogP contribution >= 0.6 is 0 Å². The second kappa shape index (κ2) is 2.96. The normalized spacial score (nSPS) is 9.00. The van der Waals surface area contributed by atoms with Crippen LogP contribution in [0.3, 0.4) is 0 Å². The van der Waals surface area contributed by atoms with E-state index in [1.54, 1.807) is 0 Å². The molecule has 1 aromatic carbocycles. The Hall–Kier alpha value is -1.96. The van der Waals surface area contributed by atoms with Gasteiger partial charge in [0.1, 0.15) is 5.82 Å². The maximum absolute atomic E-state index is 12.7. The fourth-order valence-corrected chi connectivity index (χ4v) is 0.700. The molecule has 0 saturated heterocycles. The average Bonchev–Trinajstić information content (AvgIpc) is 2.04. The third-order valence-electron chi connectivity index (χ3n) is 1.26. The van der Waals surface area contributed by atoms with Crippen molar-refractivity contribution in [3.8, 4) is 0 Å². The van der Waals surface area contributed by atoms with Gasteiger partial charge in [0.15, 0.2) is 0 Å². The lowest BCUT2D eigenvalue weighted by molar-refractivity contribution is -0.385. The van der Waals surface area contributed by atoms with Crippen molar-refractivity contribution < 1.29 is 9.31 Å². The number of benzene rings is 1. The lowest BCUT2D eigenvalue weighted by Crippen LogP contribution is -1.87. The fourth-order valence-electron chi connectivity index (χ4n) is 0.700. The molecule has 0 radical (unpaired) electrons. The quantitative estimate of drug-likeness (QED) is 0.365. The molecule has 0 atom stereocenters. The van der Waals surface area contributed by atoms with Gasteiger partial charge in [-0.3, -0.25) is 10.1 Å². The van der Waals surface area contributed by atoms with Crippen LogP contribution in [0.1, 0.15) is 0 Å². The van der Waals surface area contributed by atoms with Crippen LogP contribution in [0, 0.1) is 22.5 Å². The number of hydrogen-bond donors (Lipinski definition) is 0. The molecule has 0 aliphatic carbocycles. The van der Waals surface area contributed by atoms with Crippen LogP contribution in [0.25, 0.3) is 4.85 Å². The van der Waals surface area contributed by atoms with Gasteiger partial charge in [0.2, 0.25) is 5.69 Å². The van der Waals surface area contributed by atoms with Gasteiger partial charge in [-0.25, -0.2) is 9.24 Å². The molecule has 0 unspecified atom stereocenters. The first-order chi connectivity index (χ1) is 5.65. The molecule has 0 spiro atoms. The molecule has 0 amide bonds. The third kappa shape index (κ3) is 1.37. The Labute approximate surface area is 67.2 Å². The summed E-state index contributed by atoms with van der Waals surface area (Å²) in [5, 5.41) is 10.1. The Morgan fingerprint density at radius 3 is 2.67 bits per heavy atom. The van der Waals surface area contributed by atoms with E-state index in [0.29, 0.717) is 0 Å². The summed E-state index contributed by atoms with van der Waals surface area (Å²) in [6.07, 6.45) is 0. The van der Waals surface area contributed by atoms with E-state index in [2.05, 4.69) is 4.85 Å². The van der Waals surface area contributed by atoms with Crippen LogP contribution in [-0.4, -0.2) is 4.92 Å². The molecule has 0 heterocycles. The summed E-state index contributed by atoms with van der Waals surface area (Å²) in [6.45, 7) is 6.48. The smallest absolute Gasteiger partial charge is 0.258 e. The van der Waals surface area contributed by atoms with Crippen molar-refractivity contribution in [1.82, 2.24) is 0 Å². The van der Waals surface area contributed by atoms with E-state index < -0.39 is 10.7 Å². The maximum atomic E-state index is 12.7. The Kier molecular flexibility index (Phi) is 2.01. The van der Waals surface area contributed by atoms with E-state index in [-0.39, 0.29) is 11.4 Å². The molecule has 4 nitrogen and oxygen atoms in total. The molecule has 0 fully saturated rings. The minimum Gasteiger partial charge on any atom is -0.258 e. The van der Waals surface area contributed by atoms with Crippen molar-refractivity contribution in [3.05, 3.63) is 45.5 Å². The fraction of sp³-hybridized carbons (Fsp3) is 0. The summed E-state index contributed by atoms with van der Waals surface area (Å²) >= 11 is 0. The first kappa shape index (κ1) is 8.14. The van der Waals surface area contributed by atoms with Gasteiger partial charge in [0.25, 0.3) is 5.69 Å². The minimum absolute atomic E-state index is 0.208. The van der Waals surface area contributed by atoms with Crippen LogP contribution in [0.15, 0.2) is 18.2 Å². The van der Waals surface area contributed by atoms with E-state index in [0.717, 1.165) is 18.2 Å². The first-order valence-corrected chi connectivity index (χ1v) is 2.96. The summed E-state index contributed by atoms with van der Waals surface area (Å²) in [7, 11) is 0.